The Kier molecular flexibility index (Phi) is 5.88. The topological polar surface area (TPSA) is 62.4 Å². The average Bonchev–Trinajstić information content (AvgIpc) is 2.66. The first-order valence-corrected chi connectivity index (χ1v) is 9.01. The molecular weight excluding hydrogens is 373 g/mol. The van der Waals surface area contributed by atoms with Crippen LogP contribution in [0.25, 0.3) is 0 Å². The molecule has 1 aromatic carbocycles. The minimum atomic E-state index is -4.66. The number of pyridine rings is 1. The van der Waals surface area contributed by atoms with Gasteiger partial charge in [0.15, 0.2) is 0 Å². The van der Waals surface area contributed by atoms with Crippen molar-refractivity contribution in [3.05, 3.63) is 69.1 Å². The predicted molar refractivity (Wildman–Crippen MR) is 97.0 cm³/mol. The molecule has 0 atom stereocenters. The zero-order valence-corrected chi connectivity index (χ0v) is 15.4. The van der Waals surface area contributed by atoms with Gasteiger partial charge in [0.25, 0.3) is 11.5 Å². The molecule has 0 bridgehead atoms. The van der Waals surface area contributed by atoms with E-state index in [9.17, 15) is 22.8 Å². The number of aryl methyl sites for hydroxylation is 1. The number of aromatic nitrogens is 1. The number of carbonyl (C=O) groups is 1. The van der Waals surface area contributed by atoms with E-state index in [2.05, 4.69) is 0 Å². The van der Waals surface area contributed by atoms with Crippen LogP contribution in [-0.4, -0.2) is 35.0 Å². The second-order valence-electron chi connectivity index (χ2n) is 6.84. The van der Waals surface area contributed by atoms with Crippen molar-refractivity contribution in [1.29, 1.82) is 0 Å². The predicted octanol–water partition coefficient (Wildman–Crippen LogP) is 3.52. The number of amides is 1. The van der Waals surface area contributed by atoms with Gasteiger partial charge < -0.3 is 14.6 Å². The van der Waals surface area contributed by atoms with Crippen molar-refractivity contribution in [2.75, 3.05) is 13.1 Å². The molecule has 1 amide bonds. The molecule has 1 aliphatic rings. The lowest BCUT2D eigenvalue weighted by Gasteiger charge is -2.32. The Morgan fingerprint density at radius 2 is 1.86 bits per heavy atom. The summed E-state index contributed by atoms with van der Waals surface area (Å²) in [7, 11) is 0. The minimum absolute atomic E-state index is 0.00505. The highest BCUT2D eigenvalue weighted by Gasteiger charge is 2.33. The van der Waals surface area contributed by atoms with Gasteiger partial charge in [0.1, 0.15) is 11.3 Å². The number of halogens is 3. The van der Waals surface area contributed by atoms with Gasteiger partial charge in [-0.25, -0.2) is 0 Å². The van der Waals surface area contributed by atoms with E-state index in [1.807, 2.05) is 31.2 Å². The summed E-state index contributed by atoms with van der Waals surface area (Å²) in [6.07, 6.45) is -3.45. The van der Waals surface area contributed by atoms with Crippen molar-refractivity contribution in [3.8, 4) is 0 Å². The van der Waals surface area contributed by atoms with Crippen LogP contribution in [0, 0.1) is 6.92 Å². The van der Waals surface area contributed by atoms with Gasteiger partial charge in [-0.05, 0) is 43.0 Å². The molecule has 150 valence electrons. The zero-order valence-electron chi connectivity index (χ0n) is 15.4. The molecule has 28 heavy (non-hydrogen) atoms. The molecule has 1 fully saturated rings. The van der Waals surface area contributed by atoms with Crippen molar-refractivity contribution >= 4 is 5.91 Å². The number of hydrogen-bond acceptors (Lipinski definition) is 3. The number of benzene rings is 1. The van der Waals surface area contributed by atoms with E-state index in [0.717, 1.165) is 17.2 Å². The summed E-state index contributed by atoms with van der Waals surface area (Å²) >= 11 is 0. The third-order valence-corrected chi connectivity index (χ3v) is 4.91. The van der Waals surface area contributed by atoms with Crippen LogP contribution in [0.4, 0.5) is 13.2 Å². The summed E-state index contributed by atoms with van der Waals surface area (Å²) in [5.41, 5.74) is -0.226. The maximum absolute atomic E-state index is 12.6. The maximum atomic E-state index is 12.6. The lowest BCUT2D eigenvalue weighted by Crippen LogP contribution is -2.42. The molecule has 1 aromatic heterocycles. The van der Waals surface area contributed by atoms with Gasteiger partial charge in [-0.3, -0.25) is 9.59 Å². The lowest BCUT2D eigenvalue weighted by molar-refractivity contribution is -0.141. The largest absolute Gasteiger partial charge is 0.431 e. The first kappa shape index (κ1) is 20.1. The second-order valence-corrected chi connectivity index (χ2v) is 6.84. The molecule has 1 aliphatic heterocycles. The van der Waals surface area contributed by atoms with Crippen LogP contribution < -0.4 is 5.56 Å². The Balaban J connectivity index is 1.57. The molecule has 0 unspecified atom stereocenters. The summed E-state index contributed by atoms with van der Waals surface area (Å²) < 4.78 is 43.8. The van der Waals surface area contributed by atoms with Gasteiger partial charge in [-0.15, -0.1) is 0 Å². The summed E-state index contributed by atoms with van der Waals surface area (Å²) in [5, 5.41) is 0. The summed E-state index contributed by atoms with van der Waals surface area (Å²) in [6, 6.07) is 9.59. The first-order chi connectivity index (χ1) is 13.3. The molecule has 0 radical (unpaired) electrons. The number of nitrogens with zero attached hydrogens (tertiary/aromatic N) is 1. The van der Waals surface area contributed by atoms with Crippen LogP contribution in [0.1, 0.15) is 40.0 Å². The fraction of sp³-hybridized carbons (Fsp3) is 0.400. The Morgan fingerprint density at radius 3 is 2.46 bits per heavy atom. The monoisotopic (exact) mass is 394 g/mol. The second kappa shape index (κ2) is 8.18. The van der Waals surface area contributed by atoms with Gasteiger partial charge in [0.2, 0.25) is 0 Å². The molecule has 0 spiro atoms. The maximum Gasteiger partial charge on any atom is 0.431 e. The van der Waals surface area contributed by atoms with Crippen molar-refractivity contribution in [1.82, 2.24) is 9.88 Å². The third kappa shape index (κ3) is 4.62. The van der Waals surface area contributed by atoms with E-state index in [-0.39, 0.29) is 11.7 Å². The molecule has 3 rings (SSSR count). The molecule has 0 aliphatic carbocycles. The van der Waals surface area contributed by atoms with E-state index in [0.29, 0.717) is 38.6 Å². The van der Waals surface area contributed by atoms with Crippen molar-refractivity contribution in [2.45, 2.75) is 38.7 Å². The molecule has 2 aromatic rings. The number of H-pyrrole nitrogens is 1. The van der Waals surface area contributed by atoms with E-state index >= 15 is 0 Å². The van der Waals surface area contributed by atoms with Crippen molar-refractivity contribution in [2.24, 2.45) is 0 Å². The number of carbonyl (C=O) groups excluding carboxylic acids is 1. The summed E-state index contributed by atoms with van der Waals surface area (Å²) in [6.45, 7) is 3.28. The normalized spacial score (nSPS) is 15.6. The summed E-state index contributed by atoms with van der Waals surface area (Å²) in [5.74, 6) is -0.563. The van der Waals surface area contributed by atoms with Crippen LogP contribution >= 0.6 is 0 Å². The number of alkyl halides is 3. The van der Waals surface area contributed by atoms with Crippen LogP contribution in [-0.2, 0) is 17.5 Å². The Bertz CT molecular complexity index is 900. The van der Waals surface area contributed by atoms with Crippen molar-refractivity contribution in [3.63, 3.8) is 0 Å². The van der Waals surface area contributed by atoms with Crippen LogP contribution in [0.2, 0.25) is 0 Å². The zero-order chi connectivity index (χ0) is 20.3. The molecular formula is C20H21F3N2O3. The number of likely N-dealkylation sites (tertiary alicyclic amines) is 1. The van der Waals surface area contributed by atoms with Gasteiger partial charge in [-0.2, -0.15) is 13.2 Å². The molecule has 1 saturated heterocycles. The fourth-order valence-electron chi connectivity index (χ4n) is 3.18. The first-order valence-electron chi connectivity index (χ1n) is 9.01. The minimum Gasteiger partial charge on any atom is -0.373 e. The number of piperidine rings is 1. The van der Waals surface area contributed by atoms with Gasteiger partial charge in [-0.1, -0.05) is 24.3 Å². The van der Waals surface area contributed by atoms with Crippen LogP contribution in [0.5, 0.6) is 0 Å². The smallest absolute Gasteiger partial charge is 0.373 e. The fourth-order valence-corrected chi connectivity index (χ4v) is 3.18. The number of ether oxygens (including phenoxy) is 1. The van der Waals surface area contributed by atoms with Crippen molar-refractivity contribution < 1.29 is 22.7 Å². The molecule has 0 saturated carbocycles. The highest BCUT2D eigenvalue weighted by molar-refractivity contribution is 5.93. The SMILES string of the molecule is Cc1ccccc1COC1CCN(C(=O)c2ccc(C(F)(F)F)[nH]c2=O)CC1. The number of rotatable bonds is 4. The number of nitrogens with one attached hydrogen (secondary N) is 1. The quantitative estimate of drug-likeness (QED) is 0.863. The Labute approximate surface area is 160 Å². The molecule has 1 N–H and O–H groups in total. The van der Waals surface area contributed by atoms with E-state index in [4.69, 9.17) is 4.74 Å². The van der Waals surface area contributed by atoms with Gasteiger partial charge in [0.05, 0.1) is 12.7 Å². The molecule has 2 heterocycles. The van der Waals surface area contributed by atoms with Gasteiger partial charge in [0, 0.05) is 13.1 Å². The van der Waals surface area contributed by atoms with E-state index < -0.39 is 23.3 Å². The lowest BCUT2D eigenvalue weighted by atomic mass is 10.1. The molecule has 5 nitrogen and oxygen atoms in total. The molecule has 8 heteroatoms. The number of aromatic amines is 1. The van der Waals surface area contributed by atoms with Gasteiger partial charge >= 0.3 is 6.18 Å². The third-order valence-electron chi connectivity index (χ3n) is 4.91. The Hall–Kier alpha value is -2.61. The summed E-state index contributed by atoms with van der Waals surface area (Å²) in [4.78, 5) is 27.6. The highest BCUT2D eigenvalue weighted by atomic mass is 19.4. The Morgan fingerprint density at radius 1 is 1.18 bits per heavy atom. The van der Waals surface area contributed by atoms with E-state index in [1.165, 1.54) is 4.90 Å². The van der Waals surface area contributed by atoms with Crippen LogP contribution in [0.3, 0.4) is 0 Å². The standard InChI is InChI=1S/C20H21F3N2O3/c1-13-4-2-3-5-14(13)12-28-15-8-10-25(11-9-15)19(27)16-6-7-17(20(21,22)23)24-18(16)26/h2-7,15H,8-12H2,1H3,(H,24,26). The highest BCUT2D eigenvalue weighted by Crippen LogP contribution is 2.26. The van der Waals surface area contributed by atoms with E-state index in [1.54, 1.807) is 4.98 Å². The van der Waals surface area contributed by atoms with Crippen LogP contribution in [0.15, 0.2) is 41.2 Å². The number of hydrogen-bond donors (Lipinski definition) is 1. The average molecular weight is 394 g/mol.